The lowest BCUT2D eigenvalue weighted by molar-refractivity contribution is -0.138. The zero-order valence-electron chi connectivity index (χ0n) is 13.0. The second-order valence-corrected chi connectivity index (χ2v) is 6.64. The van der Waals surface area contributed by atoms with E-state index < -0.39 is 28.2 Å². The van der Waals surface area contributed by atoms with Crippen molar-refractivity contribution < 1.29 is 23.9 Å². The average Bonchev–Trinajstić information content (AvgIpc) is 3.00. The molecule has 0 aliphatic rings. The predicted molar refractivity (Wildman–Crippen MR) is 85.8 cm³/mol. The maximum absolute atomic E-state index is 11.8. The molecule has 0 fully saturated rings. The molecular formula is C15H18N3O5S-. The quantitative estimate of drug-likeness (QED) is 0.388. The molecule has 1 amide bonds. The molecular weight excluding hydrogens is 334 g/mol. The summed E-state index contributed by atoms with van der Waals surface area (Å²) in [6.45, 7) is 1.76. The number of nitrogens with zero attached hydrogens (tertiary/aromatic N) is 2. The van der Waals surface area contributed by atoms with Gasteiger partial charge in [-0.15, -0.1) is 0 Å². The van der Waals surface area contributed by atoms with E-state index in [4.69, 9.17) is 5.21 Å². The Morgan fingerprint density at radius 2 is 2.21 bits per heavy atom. The molecule has 0 saturated carbocycles. The van der Waals surface area contributed by atoms with Crippen molar-refractivity contribution in [2.45, 2.75) is 19.9 Å². The van der Waals surface area contributed by atoms with Crippen molar-refractivity contribution in [1.82, 2.24) is 15.3 Å². The molecule has 2 rings (SSSR count). The SMILES string of the molecule is CC(CCn1cc(-c2cccc(O)c2)cn1)(CS(=O)[O-])C(=O)NO. The van der Waals surface area contributed by atoms with Gasteiger partial charge in [-0.2, -0.15) is 5.10 Å². The molecule has 2 aromatic rings. The number of aromatic hydroxyl groups is 1. The van der Waals surface area contributed by atoms with E-state index in [1.54, 1.807) is 35.3 Å². The van der Waals surface area contributed by atoms with Crippen LogP contribution in [0.15, 0.2) is 36.7 Å². The molecule has 24 heavy (non-hydrogen) atoms. The van der Waals surface area contributed by atoms with Crippen LogP contribution in [0.5, 0.6) is 5.75 Å². The molecule has 0 spiro atoms. The van der Waals surface area contributed by atoms with Crippen molar-refractivity contribution in [3.8, 4) is 16.9 Å². The Kier molecular flexibility index (Phi) is 5.71. The number of hydrogen-bond acceptors (Lipinski definition) is 6. The van der Waals surface area contributed by atoms with Gasteiger partial charge in [-0.3, -0.25) is 18.9 Å². The number of hydroxylamine groups is 1. The fourth-order valence-corrected chi connectivity index (χ4v) is 3.12. The predicted octanol–water partition coefficient (Wildman–Crippen LogP) is 1.04. The lowest BCUT2D eigenvalue weighted by Crippen LogP contribution is -2.42. The molecule has 8 nitrogen and oxygen atoms in total. The minimum absolute atomic E-state index is 0.144. The van der Waals surface area contributed by atoms with Gasteiger partial charge in [0.15, 0.2) is 0 Å². The van der Waals surface area contributed by atoms with Gasteiger partial charge in [0.25, 0.3) is 0 Å². The van der Waals surface area contributed by atoms with E-state index in [1.165, 1.54) is 12.4 Å². The van der Waals surface area contributed by atoms with Crippen molar-refractivity contribution in [3.63, 3.8) is 0 Å². The number of nitrogens with one attached hydrogen (secondary N) is 1. The number of aromatic nitrogens is 2. The lowest BCUT2D eigenvalue weighted by Gasteiger charge is -2.27. The van der Waals surface area contributed by atoms with Gasteiger partial charge < -0.3 is 9.66 Å². The van der Waals surface area contributed by atoms with E-state index in [9.17, 15) is 18.7 Å². The Morgan fingerprint density at radius 3 is 2.83 bits per heavy atom. The number of aryl methyl sites for hydroxylation is 1. The Balaban J connectivity index is 2.11. The van der Waals surface area contributed by atoms with Crippen molar-refractivity contribution in [2.75, 3.05) is 5.75 Å². The van der Waals surface area contributed by atoms with Gasteiger partial charge in [0.1, 0.15) is 5.75 Å². The number of phenolic OH excluding ortho intramolecular Hbond substituents is 1. The molecule has 1 aromatic carbocycles. The number of benzene rings is 1. The van der Waals surface area contributed by atoms with Crippen LogP contribution < -0.4 is 5.48 Å². The van der Waals surface area contributed by atoms with Gasteiger partial charge in [-0.25, -0.2) is 5.48 Å². The fourth-order valence-electron chi connectivity index (χ4n) is 2.33. The first-order valence-corrected chi connectivity index (χ1v) is 8.41. The van der Waals surface area contributed by atoms with Crippen LogP contribution >= 0.6 is 0 Å². The number of phenols is 1. The van der Waals surface area contributed by atoms with Gasteiger partial charge in [0.2, 0.25) is 5.91 Å². The Morgan fingerprint density at radius 1 is 1.46 bits per heavy atom. The summed E-state index contributed by atoms with van der Waals surface area (Å²) in [7, 11) is 0. The zero-order valence-corrected chi connectivity index (χ0v) is 13.8. The first kappa shape index (κ1) is 18.1. The van der Waals surface area contributed by atoms with Gasteiger partial charge in [-0.1, -0.05) is 23.2 Å². The molecule has 2 atom stereocenters. The maximum Gasteiger partial charge on any atom is 0.250 e. The summed E-state index contributed by atoms with van der Waals surface area (Å²) in [6.07, 6.45) is 3.53. The van der Waals surface area contributed by atoms with Gasteiger partial charge in [0.05, 0.1) is 11.6 Å². The highest BCUT2D eigenvalue weighted by Gasteiger charge is 2.33. The summed E-state index contributed by atoms with van der Waals surface area (Å²) in [5, 5.41) is 22.5. The van der Waals surface area contributed by atoms with Gasteiger partial charge in [-0.05, 0) is 31.0 Å². The van der Waals surface area contributed by atoms with E-state index in [-0.39, 0.29) is 12.2 Å². The summed E-state index contributed by atoms with van der Waals surface area (Å²) in [5.41, 5.74) is 1.82. The highest BCUT2D eigenvalue weighted by molar-refractivity contribution is 7.79. The van der Waals surface area contributed by atoms with Crippen LogP contribution in [0, 0.1) is 5.41 Å². The third-order valence-electron chi connectivity index (χ3n) is 3.79. The number of rotatable bonds is 7. The molecule has 0 radical (unpaired) electrons. The van der Waals surface area contributed by atoms with E-state index in [0.717, 1.165) is 11.1 Å². The summed E-state index contributed by atoms with van der Waals surface area (Å²) < 4.78 is 23.5. The largest absolute Gasteiger partial charge is 0.772 e. The van der Waals surface area contributed by atoms with Crippen LogP contribution in [0.1, 0.15) is 13.3 Å². The van der Waals surface area contributed by atoms with Crippen LogP contribution in [0.25, 0.3) is 11.1 Å². The molecule has 2 unspecified atom stereocenters. The zero-order chi connectivity index (χ0) is 17.7. The molecule has 0 aliphatic carbocycles. The topological polar surface area (TPSA) is 128 Å². The normalized spacial score (nSPS) is 14.8. The van der Waals surface area contributed by atoms with Crippen LogP contribution in [-0.4, -0.2) is 40.5 Å². The molecule has 0 saturated heterocycles. The summed E-state index contributed by atoms with van der Waals surface area (Å²) >= 11 is -2.42. The van der Waals surface area contributed by atoms with E-state index in [0.29, 0.717) is 6.54 Å². The van der Waals surface area contributed by atoms with Gasteiger partial charge in [0, 0.05) is 24.1 Å². The Hall–Kier alpha value is -2.23. The molecule has 0 aliphatic heterocycles. The Labute approximate surface area is 141 Å². The van der Waals surface area contributed by atoms with E-state index in [2.05, 4.69) is 5.10 Å². The van der Waals surface area contributed by atoms with E-state index >= 15 is 0 Å². The van der Waals surface area contributed by atoms with Crippen LogP contribution in [0.3, 0.4) is 0 Å². The van der Waals surface area contributed by atoms with Crippen molar-refractivity contribution in [3.05, 3.63) is 36.7 Å². The number of carbonyl (C=O) groups excluding carboxylic acids is 1. The minimum Gasteiger partial charge on any atom is -0.772 e. The third-order valence-corrected chi connectivity index (χ3v) is 4.66. The smallest absolute Gasteiger partial charge is 0.250 e. The summed E-state index contributed by atoms with van der Waals surface area (Å²) in [4.78, 5) is 11.8. The highest BCUT2D eigenvalue weighted by Crippen LogP contribution is 2.26. The third kappa shape index (κ3) is 4.40. The van der Waals surface area contributed by atoms with E-state index in [1.807, 2.05) is 6.07 Å². The summed E-state index contributed by atoms with van der Waals surface area (Å²) in [6, 6.07) is 6.71. The minimum atomic E-state index is -2.42. The molecule has 9 heteroatoms. The fraction of sp³-hybridized carbons (Fsp3) is 0.333. The number of amides is 1. The highest BCUT2D eigenvalue weighted by atomic mass is 32.2. The Bertz CT molecular complexity index is 748. The molecule has 1 aromatic heterocycles. The lowest BCUT2D eigenvalue weighted by atomic mass is 9.88. The number of hydrogen-bond donors (Lipinski definition) is 3. The van der Waals surface area contributed by atoms with Crippen LogP contribution in [0.4, 0.5) is 0 Å². The molecule has 1 heterocycles. The monoisotopic (exact) mass is 352 g/mol. The second kappa shape index (κ2) is 7.56. The first-order valence-electron chi connectivity index (χ1n) is 7.16. The average molecular weight is 352 g/mol. The van der Waals surface area contributed by atoms with Crippen molar-refractivity contribution in [1.29, 1.82) is 0 Å². The maximum atomic E-state index is 11.8. The van der Waals surface area contributed by atoms with Crippen molar-refractivity contribution >= 4 is 17.0 Å². The first-order chi connectivity index (χ1) is 11.3. The van der Waals surface area contributed by atoms with Crippen molar-refractivity contribution in [2.24, 2.45) is 5.41 Å². The number of carbonyl (C=O) groups is 1. The summed E-state index contributed by atoms with van der Waals surface area (Å²) in [5.74, 6) is -1.02. The second-order valence-electron chi connectivity index (χ2n) is 5.74. The molecule has 3 N–H and O–H groups in total. The molecule has 0 bridgehead atoms. The molecule has 130 valence electrons. The van der Waals surface area contributed by atoms with Crippen LogP contribution in [-0.2, 0) is 22.4 Å². The van der Waals surface area contributed by atoms with Gasteiger partial charge >= 0.3 is 0 Å². The standard InChI is InChI=1S/C15H19N3O5S/c1-15(10-24(22)23,14(20)17-21)5-6-18-9-12(8-16-18)11-3-2-4-13(19)7-11/h2-4,7-9,19,21H,5-6,10H2,1H3,(H,17,20)(H,22,23)/p-1. The van der Waals surface area contributed by atoms with Crippen LogP contribution in [0.2, 0.25) is 0 Å².